The lowest BCUT2D eigenvalue weighted by molar-refractivity contribution is 0.808. The highest BCUT2D eigenvalue weighted by Crippen LogP contribution is 2.21. The average molecular weight is 149 g/mol. The molecule has 0 spiro atoms. The molecule has 0 fully saturated rings. The van der Waals surface area contributed by atoms with E-state index in [1.165, 1.54) is 0 Å². The maximum absolute atomic E-state index is 5.13. The van der Waals surface area contributed by atoms with Crippen molar-refractivity contribution < 1.29 is 0 Å². The highest BCUT2D eigenvalue weighted by molar-refractivity contribution is 8.05. The molecule has 0 aliphatic heterocycles. The first-order chi connectivity index (χ1) is 3.56. The van der Waals surface area contributed by atoms with Crippen LogP contribution in [0.1, 0.15) is 20.8 Å². The average Bonchev–Trinajstić information content (AvgIpc) is 1.59. The Morgan fingerprint density at radius 3 is 2.00 bits per heavy atom. The highest BCUT2D eigenvalue weighted by atomic mass is 35.5. The molecule has 0 saturated carbocycles. The first kappa shape index (κ1) is 8.20. The normalized spacial score (nSPS) is 10.0. The van der Waals surface area contributed by atoms with Crippen molar-refractivity contribution in [3.63, 3.8) is 0 Å². The van der Waals surface area contributed by atoms with Gasteiger partial charge < -0.3 is 0 Å². The molecule has 46 valence electrons. The SMILES string of the molecule is CC(C)(C)SC#CCl. The minimum atomic E-state index is 0.210. The lowest BCUT2D eigenvalue weighted by atomic mass is 10.3. The summed E-state index contributed by atoms with van der Waals surface area (Å²) in [7, 11) is 0. The molecule has 0 amide bonds. The van der Waals surface area contributed by atoms with Gasteiger partial charge in [-0.25, -0.2) is 0 Å². The quantitative estimate of drug-likeness (QED) is 0.476. The van der Waals surface area contributed by atoms with Gasteiger partial charge in [0.25, 0.3) is 0 Å². The summed E-state index contributed by atoms with van der Waals surface area (Å²) in [5.74, 6) is 0. The van der Waals surface area contributed by atoms with Crippen molar-refractivity contribution in [2.75, 3.05) is 0 Å². The second-order valence-electron chi connectivity index (χ2n) is 2.41. The van der Waals surface area contributed by atoms with Gasteiger partial charge in [-0.2, -0.15) is 0 Å². The zero-order chi connectivity index (χ0) is 6.62. The van der Waals surface area contributed by atoms with Crippen molar-refractivity contribution in [1.82, 2.24) is 0 Å². The maximum Gasteiger partial charge on any atom is 0.0199 e. The van der Waals surface area contributed by atoms with E-state index in [2.05, 4.69) is 31.4 Å². The van der Waals surface area contributed by atoms with Gasteiger partial charge in [0.05, 0.1) is 0 Å². The summed E-state index contributed by atoms with van der Waals surface area (Å²) in [4.78, 5) is 0. The lowest BCUT2D eigenvalue weighted by Gasteiger charge is -2.10. The second-order valence-corrected chi connectivity index (χ2v) is 4.23. The molecule has 0 aliphatic rings. The van der Waals surface area contributed by atoms with Crippen LogP contribution in [0.5, 0.6) is 0 Å². The van der Waals surface area contributed by atoms with Crippen LogP contribution in [0.15, 0.2) is 0 Å². The fraction of sp³-hybridized carbons (Fsp3) is 0.667. The van der Waals surface area contributed by atoms with E-state index in [0.717, 1.165) is 0 Å². The Morgan fingerprint density at radius 1 is 1.38 bits per heavy atom. The predicted octanol–water partition coefficient (Wildman–Crippen LogP) is 2.68. The molecule has 0 unspecified atom stereocenters. The van der Waals surface area contributed by atoms with Gasteiger partial charge in [-0.3, -0.25) is 0 Å². The largest absolute Gasteiger partial charge is 0.0678 e. The van der Waals surface area contributed by atoms with E-state index in [1.807, 2.05) is 0 Å². The fourth-order valence-corrected chi connectivity index (χ4v) is 0.633. The first-order valence-electron chi connectivity index (χ1n) is 2.35. The second kappa shape index (κ2) is 3.27. The van der Waals surface area contributed by atoms with Gasteiger partial charge in [0, 0.05) is 10.1 Å². The zero-order valence-electron chi connectivity index (χ0n) is 5.29. The van der Waals surface area contributed by atoms with E-state index in [-0.39, 0.29) is 4.75 Å². The molecule has 0 aromatic rings. The summed E-state index contributed by atoms with van der Waals surface area (Å²) in [6.07, 6.45) is 0. The molecule has 0 nitrogen and oxygen atoms in total. The topological polar surface area (TPSA) is 0 Å². The molecule has 2 heteroatoms. The van der Waals surface area contributed by atoms with E-state index < -0.39 is 0 Å². The summed E-state index contributed by atoms with van der Waals surface area (Å²) in [5.41, 5.74) is 0. The number of thioether (sulfide) groups is 1. The first-order valence-corrected chi connectivity index (χ1v) is 3.54. The van der Waals surface area contributed by atoms with Gasteiger partial charge in [0.2, 0.25) is 0 Å². The standard InChI is InChI=1S/C6H9ClS/c1-6(2,3)8-5-4-7/h1-3H3. The van der Waals surface area contributed by atoms with E-state index in [0.29, 0.717) is 0 Å². The number of hydrogen-bond acceptors (Lipinski definition) is 1. The van der Waals surface area contributed by atoms with Crippen LogP contribution < -0.4 is 0 Å². The Morgan fingerprint density at radius 2 is 1.88 bits per heavy atom. The van der Waals surface area contributed by atoms with Crippen molar-refractivity contribution >= 4 is 23.4 Å². The summed E-state index contributed by atoms with van der Waals surface area (Å²) in [5, 5.41) is 5.03. The van der Waals surface area contributed by atoms with E-state index in [4.69, 9.17) is 11.6 Å². The van der Waals surface area contributed by atoms with Gasteiger partial charge in [0.1, 0.15) is 0 Å². The molecule has 0 rings (SSSR count). The van der Waals surface area contributed by atoms with Crippen LogP contribution in [0.2, 0.25) is 0 Å². The third-order valence-corrected chi connectivity index (χ3v) is 1.42. The van der Waals surface area contributed by atoms with Crippen LogP contribution >= 0.6 is 23.4 Å². The third-order valence-electron chi connectivity index (χ3n) is 0.396. The zero-order valence-corrected chi connectivity index (χ0v) is 6.86. The minimum Gasteiger partial charge on any atom is -0.0678 e. The molecule has 0 atom stereocenters. The van der Waals surface area contributed by atoms with E-state index >= 15 is 0 Å². The van der Waals surface area contributed by atoms with Gasteiger partial charge in [0.15, 0.2) is 0 Å². The number of halogens is 1. The smallest absolute Gasteiger partial charge is 0.0199 e. The molecular weight excluding hydrogens is 140 g/mol. The molecule has 0 N–H and O–H groups in total. The fourth-order valence-electron chi connectivity index (χ4n) is 0.172. The Balaban J connectivity index is 3.50. The molecule has 0 bridgehead atoms. The lowest BCUT2D eigenvalue weighted by Crippen LogP contribution is -2.04. The van der Waals surface area contributed by atoms with Gasteiger partial charge >= 0.3 is 0 Å². The van der Waals surface area contributed by atoms with Crippen LogP contribution in [0.3, 0.4) is 0 Å². The van der Waals surface area contributed by atoms with Crippen LogP contribution in [-0.2, 0) is 0 Å². The van der Waals surface area contributed by atoms with Crippen LogP contribution in [0.4, 0.5) is 0 Å². The minimum absolute atomic E-state index is 0.210. The maximum atomic E-state index is 5.13. The number of hydrogen-bond donors (Lipinski definition) is 0. The van der Waals surface area contributed by atoms with Crippen molar-refractivity contribution in [2.45, 2.75) is 25.5 Å². The van der Waals surface area contributed by atoms with Crippen molar-refractivity contribution in [2.24, 2.45) is 0 Å². The van der Waals surface area contributed by atoms with Crippen LogP contribution in [0.25, 0.3) is 0 Å². The molecule has 0 heterocycles. The van der Waals surface area contributed by atoms with Crippen molar-refractivity contribution in [1.29, 1.82) is 0 Å². The Bertz CT molecular complexity index is 113. The molecule has 0 aromatic heterocycles. The Hall–Kier alpha value is 0.200. The summed E-state index contributed by atoms with van der Waals surface area (Å²) in [6.45, 7) is 6.29. The Labute approximate surface area is 60.0 Å². The van der Waals surface area contributed by atoms with E-state index in [1.54, 1.807) is 11.8 Å². The Kier molecular flexibility index (Phi) is 3.35. The molecule has 0 aliphatic carbocycles. The van der Waals surface area contributed by atoms with Crippen LogP contribution in [-0.4, -0.2) is 4.75 Å². The molecular formula is C6H9ClS. The van der Waals surface area contributed by atoms with Crippen LogP contribution in [0, 0.1) is 10.6 Å². The predicted molar refractivity (Wildman–Crippen MR) is 41.0 cm³/mol. The molecule has 8 heavy (non-hydrogen) atoms. The van der Waals surface area contributed by atoms with Gasteiger partial charge in [-0.15, -0.1) is 0 Å². The van der Waals surface area contributed by atoms with Gasteiger partial charge in [-0.1, -0.05) is 32.5 Å². The molecule has 0 aromatic carbocycles. The summed E-state index contributed by atoms with van der Waals surface area (Å²) in [6, 6.07) is 0. The summed E-state index contributed by atoms with van der Waals surface area (Å²) < 4.78 is 0.210. The van der Waals surface area contributed by atoms with E-state index in [9.17, 15) is 0 Å². The monoisotopic (exact) mass is 148 g/mol. The number of rotatable bonds is 0. The molecule has 0 saturated heterocycles. The third kappa shape index (κ3) is 6.20. The van der Waals surface area contributed by atoms with Gasteiger partial charge in [-0.05, 0) is 16.9 Å². The summed E-state index contributed by atoms with van der Waals surface area (Å²) >= 11 is 6.67. The molecule has 0 radical (unpaired) electrons. The van der Waals surface area contributed by atoms with Crippen molar-refractivity contribution in [3.05, 3.63) is 0 Å². The van der Waals surface area contributed by atoms with Crippen molar-refractivity contribution in [3.8, 4) is 10.6 Å². The highest BCUT2D eigenvalue weighted by Gasteiger charge is 2.07.